The van der Waals surface area contributed by atoms with Gasteiger partial charge in [0.05, 0.1) is 0 Å². The number of nitrogens with zero attached hydrogens (tertiary/aromatic N) is 5. The summed E-state index contributed by atoms with van der Waals surface area (Å²) in [6.45, 7) is 0.230. The second-order valence-electron chi connectivity index (χ2n) is 6.15. The van der Waals surface area contributed by atoms with Gasteiger partial charge in [0.25, 0.3) is 5.22 Å². The van der Waals surface area contributed by atoms with Gasteiger partial charge in [0.1, 0.15) is 0 Å². The van der Waals surface area contributed by atoms with E-state index in [4.69, 9.17) is 18.4 Å². The minimum atomic E-state index is 0.230. The molecule has 29 heavy (non-hydrogen) atoms. The van der Waals surface area contributed by atoms with Gasteiger partial charge in [0.2, 0.25) is 24.4 Å². The van der Waals surface area contributed by atoms with Crippen LogP contribution in [0.2, 0.25) is 0 Å². The standard InChI is InChI=1S/C19H15N5O4S/c1-3-13(10-20-7-1)17-21-16(28-24-17)4-2-8-29-19-23-22-18(27-19)12-5-6-14-15(9-12)26-11-25-14/h1,3,5-7,9-10H,2,4,8,11H2. The number of hydrogen-bond donors (Lipinski definition) is 0. The van der Waals surface area contributed by atoms with Gasteiger partial charge in [0.15, 0.2) is 11.5 Å². The summed E-state index contributed by atoms with van der Waals surface area (Å²) < 4.78 is 21.7. The van der Waals surface area contributed by atoms with E-state index in [0.29, 0.717) is 35.0 Å². The first-order valence-electron chi connectivity index (χ1n) is 8.94. The molecule has 9 nitrogen and oxygen atoms in total. The molecule has 0 atom stereocenters. The summed E-state index contributed by atoms with van der Waals surface area (Å²) in [5, 5.41) is 12.7. The fraction of sp³-hybridized carbons (Fsp3) is 0.211. The first kappa shape index (κ1) is 17.7. The molecule has 0 fully saturated rings. The first-order valence-corrected chi connectivity index (χ1v) is 9.93. The average Bonchev–Trinajstić information content (AvgIpc) is 3.52. The summed E-state index contributed by atoms with van der Waals surface area (Å²) in [6.07, 6.45) is 4.92. The number of aromatic nitrogens is 5. The summed E-state index contributed by atoms with van der Waals surface area (Å²) in [4.78, 5) is 8.46. The van der Waals surface area contributed by atoms with E-state index in [1.165, 1.54) is 11.8 Å². The molecule has 0 N–H and O–H groups in total. The van der Waals surface area contributed by atoms with Gasteiger partial charge in [-0.2, -0.15) is 4.98 Å². The summed E-state index contributed by atoms with van der Waals surface area (Å²) in [7, 11) is 0. The molecule has 0 radical (unpaired) electrons. The number of pyridine rings is 1. The van der Waals surface area contributed by atoms with Crippen LogP contribution < -0.4 is 9.47 Å². The number of benzene rings is 1. The largest absolute Gasteiger partial charge is 0.454 e. The van der Waals surface area contributed by atoms with Crippen LogP contribution in [-0.2, 0) is 6.42 Å². The van der Waals surface area contributed by atoms with Gasteiger partial charge >= 0.3 is 0 Å². The SMILES string of the molecule is c1cncc(-c2noc(CCCSc3nnc(-c4ccc5c(c4)OCO5)o3)n2)c1. The lowest BCUT2D eigenvalue weighted by Gasteiger charge is -1.98. The van der Waals surface area contributed by atoms with Gasteiger partial charge in [-0.15, -0.1) is 10.2 Å². The highest BCUT2D eigenvalue weighted by Crippen LogP contribution is 2.36. The van der Waals surface area contributed by atoms with E-state index < -0.39 is 0 Å². The van der Waals surface area contributed by atoms with Crippen molar-refractivity contribution in [2.75, 3.05) is 12.5 Å². The zero-order chi connectivity index (χ0) is 19.5. The lowest BCUT2D eigenvalue weighted by molar-refractivity contribution is 0.174. The Hall–Kier alpha value is -3.40. The Bertz CT molecular complexity index is 1110. The van der Waals surface area contributed by atoms with Crippen LogP contribution in [0.3, 0.4) is 0 Å². The van der Waals surface area contributed by atoms with Gasteiger partial charge in [-0.1, -0.05) is 16.9 Å². The highest BCUT2D eigenvalue weighted by molar-refractivity contribution is 7.99. The summed E-state index contributed by atoms with van der Waals surface area (Å²) >= 11 is 1.49. The third-order valence-electron chi connectivity index (χ3n) is 4.17. The fourth-order valence-electron chi connectivity index (χ4n) is 2.77. The molecular formula is C19H15N5O4S. The number of thioether (sulfide) groups is 1. The minimum absolute atomic E-state index is 0.230. The molecule has 4 aromatic rings. The van der Waals surface area contributed by atoms with Gasteiger partial charge in [-0.3, -0.25) is 4.98 Å². The predicted octanol–water partition coefficient (Wildman–Crippen LogP) is 3.64. The molecule has 10 heteroatoms. The van der Waals surface area contributed by atoms with Crippen LogP contribution in [0.15, 0.2) is 56.9 Å². The quantitative estimate of drug-likeness (QED) is 0.331. The maximum absolute atomic E-state index is 5.73. The minimum Gasteiger partial charge on any atom is -0.454 e. The van der Waals surface area contributed by atoms with E-state index in [1.807, 2.05) is 30.3 Å². The number of hydrogen-bond acceptors (Lipinski definition) is 10. The van der Waals surface area contributed by atoms with E-state index in [0.717, 1.165) is 29.1 Å². The average molecular weight is 409 g/mol. The molecule has 0 aliphatic carbocycles. The second-order valence-corrected chi connectivity index (χ2v) is 7.19. The van der Waals surface area contributed by atoms with Crippen molar-refractivity contribution in [3.8, 4) is 34.3 Å². The van der Waals surface area contributed by atoms with Crippen molar-refractivity contribution in [2.24, 2.45) is 0 Å². The Kier molecular flexibility index (Phi) is 4.83. The normalized spacial score (nSPS) is 12.4. The monoisotopic (exact) mass is 409 g/mol. The maximum atomic E-state index is 5.73. The third kappa shape index (κ3) is 3.92. The van der Waals surface area contributed by atoms with Crippen LogP contribution in [0.25, 0.3) is 22.8 Å². The zero-order valence-electron chi connectivity index (χ0n) is 15.1. The Morgan fingerprint density at radius 1 is 1.03 bits per heavy atom. The van der Waals surface area contributed by atoms with Gasteiger partial charge in [-0.05, 0) is 36.8 Å². The number of ether oxygens (including phenoxy) is 2. The molecule has 0 saturated carbocycles. The second kappa shape index (κ2) is 7.92. The summed E-state index contributed by atoms with van der Waals surface area (Å²) in [6, 6.07) is 9.26. The van der Waals surface area contributed by atoms with Crippen LogP contribution in [0.1, 0.15) is 12.3 Å². The molecule has 1 aliphatic rings. The molecule has 0 spiro atoms. The molecule has 146 valence electrons. The number of fused-ring (bicyclic) bond motifs is 1. The molecule has 5 rings (SSSR count). The van der Waals surface area contributed by atoms with Gasteiger partial charge in [-0.25, -0.2) is 0 Å². The van der Waals surface area contributed by atoms with Crippen LogP contribution in [-0.4, -0.2) is 37.9 Å². The van der Waals surface area contributed by atoms with Crippen molar-refractivity contribution in [1.82, 2.24) is 25.3 Å². The van der Waals surface area contributed by atoms with E-state index in [2.05, 4.69) is 25.3 Å². The topological polar surface area (TPSA) is 109 Å². The van der Waals surface area contributed by atoms with Crippen molar-refractivity contribution in [1.29, 1.82) is 0 Å². The molecular weight excluding hydrogens is 394 g/mol. The smallest absolute Gasteiger partial charge is 0.276 e. The molecule has 0 bridgehead atoms. The van der Waals surface area contributed by atoms with E-state index >= 15 is 0 Å². The Morgan fingerprint density at radius 3 is 2.93 bits per heavy atom. The maximum Gasteiger partial charge on any atom is 0.276 e. The molecule has 0 amide bonds. The zero-order valence-corrected chi connectivity index (χ0v) is 16.0. The molecule has 0 unspecified atom stereocenters. The van der Waals surface area contributed by atoms with Crippen molar-refractivity contribution in [3.63, 3.8) is 0 Å². The Labute approximate surface area is 169 Å². The van der Waals surface area contributed by atoms with Crippen LogP contribution in [0.4, 0.5) is 0 Å². The summed E-state index contributed by atoms with van der Waals surface area (Å²) in [5.41, 5.74) is 1.63. The lowest BCUT2D eigenvalue weighted by Crippen LogP contribution is -1.92. The van der Waals surface area contributed by atoms with Crippen molar-refractivity contribution in [2.45, 2.75) is 18.1 Å². The predicted molar refractivity (Wildman–Crippen MR) is 102 cm³/mol. The van der Waals surface area contributed by atoms with Crippen LogP contribution >= 0.6 is 11.8 Å². The summed E-state index contributed by atoms with van der Waals surface area (Å²) in [5.74, 6) is 3.77. The third-order valence-corrected chi connectivity index (χ3v) is 5.08. The fourth-order valence-corrected chi connectivity index (χ4v) is 3.47. The first-order chi connectivity index (χ1) is 14.3. The molecule has 0 saturated heterocycles. The number of aryl methyl sites for hydroxylation is 1. The van der Waals surface area contributed by atoms with Crippen molar-refractivity contribution in [3.05, 3.63) is 48.6 Å². The Balaban J connectivity index is 1.14. The Morgan fingerprint density at radius 2 is 2.00 bits per heavy atom. The van der Waals surface area contributed by atoms with Crippen LogP contribution in [0.5, 0.6) is 11.5 Å². The molecule has 3 aromatic heterocycles. The molecule has 1 aliphatic heterocycles. The van der Waals surface area contributed by atoms with Crippen molar-refractivity contribution < 1.29 is 18.4 Å². The van der Waals surface area contributed by atoms with Crippen LogP contribution in [0, 0.1) is 0 Å². The molecule has 4 heterocycles. The van der Waals surface area contributed by atoms with Gasteiger partial charge < -0.3 is 18.4 Å². The van der Waals surface area contributed by atoms with E-state index in [-0.39, 0.29) is 6.79 Å². The highest BCUT2D eigenvalue weighted by atomic mass is 32.2. The molecule has 1 aromatic carbocycles. The van der Waals surface area contributed by atoms with E-state index in [9.17, 15) is 0 Å². The highest BCUT2D eigenvalue weighted by Gasteiger charge is 2.17. The van der Waals surface area contributed by atoms with Gasteiger partial charge in [0, 0.05) is 35.7 Å². The lowest BCUT2D eigenvalue weighted by atomic mass is 10.2. The van der Waals surface area contributed by atoms with Crippen molar-refractivity contribution >= 4 is 11.8 Å². The van der Waals surface area contributed by atoms with E-state index in [1.54, 1.807) is 12.4 Å². The number of rotatable bonds is 7.